The first-order valence-corrected chi connectivity index (χ1v) is 7.42. The molecule has 1 N–H and O–H groups in total. The molecule has 0 radical (unpaired) electrons. The first kappa shape index (κ1) is 14.7. The van der Waals surface area contributed by atoms with Crippen molar-refractivity contribution in [3.8, 4) is 0 Å². The number of benzene rings is 1. The van der Waals surface area contributed by atoms with Crippen LogP contribution in [0.2, 0.25) is 0 Å². The highest BCUT2D eigenvalue weighted by Crippen LogP contribution is 2.21. The summed E-state index contributed by atoms with van der Waals surface area (Å²) in [5, 5.41) is 3.04. The molecule has 116 valence electrons. The molecule has 0 aliphatic carbocycles. The lowest BCUT2D eigenvalue weighted by Crippen LogP contribution is -2.45. The van der Waals surface area contributed by atoms with E-state index >= 15 is 0 Å². The fraction of sp³-hybridized carbons (Fsp3) is 0.375. The fourth-order valence-corrected chi connectivity index (χ4v) is 2.47. The van der Waals surface area contributed by atoms with Gasteiger partial charge in [-0.1, -0.05) is 12.1 Å². The molecule has 2 heterocycles. The maximum atomic E-state index is 13.8. The Hall–Kier alpha value is -2.21. The van der Waals surface area contributed by atoms with Crippen molar-refractivity contribution < 1.29 is 4.39 Å². The molecule has 3 rings (SSSR count). The maximum absolute atomic E-state index is 13.8. The van der Waals surface area contributed by atoms with Gasteiger partial charge < -0.3 is 15.1 Å². The van der Waals surface area contributed by atoms with E-state index in [-0.39, 0.29) is 5.82 Å². The molecule has 1 aromatic heterocycles. The van der Waals surface area contributed by atoms with E-state index in [1.165, 1.54) is 6.07 Å². The number of anilines is 3. The van der Waals surface area contributed by atoms with Gasteiger partial charge in [0.25, 0.3) is 0 Å². The summed E-state index contributed by atoms with van der Waals surface area (Å²) in [7, 11) is 2.11. The first-order valence-electron chi connectivity index (χ1n) is 7.42. The second-order valence-corrected chi connectivity index (χ2v) is 5.59. The molecule has 1 aromatic carbocycles. The number of likely N-dealkylation sites (N-methyl/N-ethyl adjacent to an activating group) is 1. The third-order valence-electron chi connectivity index (χ3n) is 3.77. The van der Waals surface area contributed by atoms with Crippen molar-refractivity contribution in [1.82, 2.24) is 14.9 Å². The Morgan fingerprint density at radius 2 is 1.82 bits per heavy atom. The molecule has 0 bridgehead atoms. The zero-order valence-electron chi connectivity index (χ0n) is 12.9. The van der Waals surface area contributed by atoms with Crippen LogP contribution in [0.5, 0.6) is 0 Å². The van der Waals surface area contributed by atoms with Gasteiger partial charge in [-0.2, -0.15) is 4.98 Å². The quantitative estimate of drug-likeness (QED) is 0.943. The van der Waals surface area contributed by atoms with Crippen LogP contribution in [-0.4, -0.2) is 48.1 Å². The molecule has 1 aliphatic heterocycles. The average Bonchev–Trinajstić information content (AvgIpc) is 2.50. The van der Waals surface area contributed by atoms with E-state index in [9.17, 15) is 4.39 Å². The zero-order valence-corrected chi connectivity index (χ0v) is 12.9. The van der Waals surface area contributed by atoms with Gasteiger partial charge in [0.2, 0.25) is 5.95 Å². The van der Waals surface area contributed by atoms with Gasteiger partial charge in [-0.15, -0.1) is 0 Å². The van der Waals surface area contributed by atoms with Crippen molar-refractivity contribution >= 4 is 17.5 Å². The summed E-state index contributed by atoms with van der Waals surface area (Å²) in [5.74, 6) is 1.03. The second kappa shape index (κ2) is 6.27. The number of aryl methyl sites for hydroxylation is 1. The lowest BCUT2D eigenvalue weighted by molar-refractivity contribution is 0.311. The predicted molar refractivity (Wildman–Crippen MR) is 86.2 cm³/mol. The van der Waals surface area contributed by atoms with Gasteiger partial charge in [0.15, 0.2) is 0 Å². The van der Waals surface area contributed by atoms with Crippen LogP contribution in [0.25, 0.3) is 0 Å². The molecule has 0 spiro atoms. The molecule has 0 unspecified atom stereocenters. The van der Waals surface area contributed by atoms with Crippen LogP contribution in [0.4, 0.5) is 21.8 Å². The predicted octanol–water partition coefficient (Wildman–Crippen LogP) is 2.42. The largest absolute Gasteiger partial charge is 0.338 e. The molecule has 6 heteroatoms. The summed E-state index contributed by atoms with van der Waals surface area (Å²) in [4.78, 5) is 13.5. The number of nitrogens with one attached hydrogen (secondary N) is 1. The van der Waals surface area contributed by atoms with Gasteiger partial charge in [0.05, 0.1) is 5.69 Å². The molecule has 1 saturated heterocycles. The van der Waals surface area contributed by atoms with Gasteiger partial charge in [-0.25, -0.2) is 9.37 Å². The van der Waals surface area contributed by atoms with Crippen molar-refractivity contribution in [1.29, 1.82) is 0 Å². The van der Waals surface area contributed by atoms with Crippen LogP contribution in [-0.2, 0) is 0 Å². The van der Waals surface area contributed by atoms with Crippen molar-refractivity contribution in [3.05, 3.63) is 41.8 Å². The number of rotatable bonds is 3. The summed E-state index contributed by atoms with van der Waals surface area (Å²) in [5.41, 5.74) is 1.28. The molecule has 1 aliphatic rings. The monoisotopic (exact) mass is 301 g/mol. The third-order valence-corrected chi connectivity index (χ3v) is 3.77. The first-order chi connectivity index (χ1) is 10.6. The number of para-hydroxylation sites is 1. The highest BCUT2D eigenvalue weighted by Gasteiger charge is 2.17. The molecule has 5 nitrogen and oxygen atoms in total. The van der Waals surface area contributed by atoms with Gasteiger partial charge in [0.1, 0.15) is 11.6 Å². The van der Waals surface area contributed by atoms with Crippen LogP contribution in [0.1, 0.15) is 5.69 Å². The molecule has 1 fully saturated rings. The lowest BCUT2D eigenvalue weighted by Gasteiger charge is -2.32. The molecule has 0 saturated carbocycles. The second-order valence-electron chi connectivity index (χ2n) is 5.59. The Morgan fingerprint density at radius 3 is 2.55 bits per heavy atom. The van der Waals surface area contributed by atoms with E-state index in [1.807, 2.05) is 13.0 Å². The molecular formula is C16H20FN5. The van der Waals surface area contributed by atoms with Crippen LogP contribution >= 0.6 is 0 Å². The minimum Gasteiger partial charge on any atom is -0.338 e. The number of hydrogen-bond donors (Lipinski definition) is 1. The van der Waals surface area contributed by atoms with Crippen molar-refractivity contribution in [2.24, 2.45) is 0 Å². The van der Waals surface area contributed by atoms with Gasteiger partial charge >= 0.3 is 0 Å². The van der Waals surface area contributed by atoms with Crippen LogP contribution in [0.3, 0.4) is 0 Å². The number of nitrogens with zero attached hydrogens (tertiary/aromatic N) is 4. The SMILES string of the molecule is Cc1cc(Nc2ccccc2F)nc(N2CCN(C)CC2)n1. The Bertz CT molecular complexity index is 653. The maximum Gasteiger partial charge on any atom is 0.227 e. The topological polar surface area (TPSA) is 44.3 Å². The van der Waals surface area contributed by atoms with Crippen LogP contribution in [0.15, 0.2) is 30.3 Å². The summed E-state index contributed by atoms with van der Waals surface area (Å²) in [6.07, 6.45) is 0. The standard InChI is InChI=1S/C16H20FN5/c1-12-11-15(19-14-6-4-3-5-13(14)17)20-16(18-12)22-9-7-21(2)8-10-22/h3-6,11H,7-10H2,1-2H3,(H,18,19,20). The Balaban J connectivity index is 1.82. The summed E-state index contributed by atoms with van der Waals surface area (Å²) in [6, 6.07) is 8.41. The van der Waals surface area contributed by atoms with Gasteiger partial charge in [-0.3, -0.25) is 0 Å². The molecule has 22 heavy (non-hydrogen) atoms. The minimum atomic E-state index is -0.292. The average molecular weight is 301 g/mol. The van der Waals surface area contributed by atoms with E-state index in [1.54, 1.807) is 18.2 Å². The summed E-state index contributed by atoms with van der Waals surface area (Å²) >= 11 is 0. The highest BCUT2D eigenvalue weighted by atomic mass is 19.1. The van der Waals surface area contributed by atoms with Gasteiger partial charge in [-0.05, 0) is 26.1 Å². The normalized spacial score (nSPS) is 15.9. The zero-order chi connectivity index (χ0) is 15.5. The number of halogens is 1. The Morgan fingerprint density at radius 1 is 1.09 bits per heavy atom. The Labute approximate surface area is 129 Å². The lowest BCUT2D eigenvalue weighted by atomic mass is 10.3. The highest BCUT2D eigenvalue weighted by molar-refractivity contribution is 5.58. The van der Waals surface area contributed by atoms with E-state index in [0.717, 1.165) is 31.9 Å². The van der Waals surface area contributed by atoms with E-state index in [2.05, 4.69) is 32.1 Å². The van der Waals surface area contributed by atoms with Crippen molar-refractivity contribution in [2.45, 2.75) is 6.92 Å². The minimum absolute atomic E-state index is 0.292. The van der Waals surface area contributed by atoms with E-state index in [4.69, 9.17) is 0 Å². The fourth-order valence-electron chi connectivity index (χ4n) is 2.47. The summed E-state index contributed by atoms with van der Waals surface area (Å²) in [6.45, 7) is 5.71. The summed E-state index contributed by atoms with van der Waals surface area (Å²) < 4.78 is 13.8. The number of hydrogen-bond acceptors (Lipinski definition) is 5. The third kappa shape index (κ3) is 3.33. The van der Waals surface area contributed by atoms with E-state index in [0.29, 0.717) is 17.5 Å². The van der Waals surface area contributed by atoms with E-state index < -0.39 is 0 Å². The van der Waals surface area contributed by atoms with Gasteiger partial charge in [0, 0.05) is 37.9 Å². The molecule has 0 atom stereocenters. The molecule has 0 amide bonds. The van der Waals surface area contributed by atoms with Crippen molar-refractivity contribution in [3.63, 3.8) is 0 Å². The van der Waals surface area contributed by atoms with Crippen molar-refractivity contribution in [2.75, 3.05) is 43.4 Å². The number of piperazine rings is 1. The smallest absolute Gasteiger partial charge is 0.227 e. The van der Waals surface area contributed by atoms with Crippen LogP contribution in [0, 0.1) is 12.7 Å². The Kier molecular flexibility index (Phi) is 4.20. The van der Waals surface area contributed by atoms with Crippen LogP contribution < -0.4 is 10.2 Å². The molecular weight excluding hydrogens is 281 g/mol. The number of aromatic nitrogens is 2. The molecule has 2 aromatic rings.